The van der Waals surface area contributed by atoms with E-state index < -0.39 is 11.6 Å². The molecule has 0 spiro atoms. The molecule has 0 saturated carbocycles. The second-order valence-electron chi connectivity index (χ2n) is 9.58. The zero-order chi connectivity index (χ0) is 24.1. The van der Waals surface area contributed by atoms with Gasteiger partial charge in [0.2, 0.25) is 0 Å². The van der Waals surface area contributed by atoms with Crippen molar-refractivity contribution in [3.05, 3.63) is 89.9 Å². The molecule has 1 aliphatic rings. The van der Waals surface area contributed by atoms with Crippen LogP contribution in [0.25, 0.3) is 38.9 Å². The first-order valence-corrected chi connectivity index (χ1v) is 12.0. The lowest BCUT2D eigenvalue weighted by atomic mass is 9.89. The zero-order valence-electron chi connectivity index (χ0n) is 19.8. The Labute approximate surface area is 202 Å². The van der Waals surface area contributed by atoms with E-state index in [4.69, 9.17) is 0 Å². The van der Waals surface area contributed by atoms with Crippen LogP contribution in [-0.2, 0) is 0 Å². The van der Waals surface area contributed by atoms with Gasteiger partial charge in [-0.05, 0) is 86.8 Å². The van der Waals surface area contributed by atoms with Crippen LogP contribution in [0, 0.1) is 18.6 Å². The molecule has 1 fully saturated rings. The molecule has 6 rings (SSSR count). The van der Waals surface area contributed by atoms with E-state index in [1.165, 1.54) is 24.5 Å². The standard InChI is InChI=1S/C29H26F2N4/c1-18-13-24(25-15-23(30)16-26(31)29(25)33-18)27-17-32-28-14-22(9-12-35(27)28)20-5-3-19(4-6-20)21-7-10-34(2)11-8-21/h3-6,9,12-17,21H,7-8,10-11H2,1-2H3. The fourth-order valence-corrected chi connectivity index (χ4v) is 5.24. The van der Waals surface area contributed by atoms with Crippen molar-refractivity contribution in [1.82, 2.24) is 19.3 Å². The van der Waals surface area contributed by atoms with Gasteiger partial charge in [0.1, 0.15) is 17.0 Å². The molecule has 0 radical (unpaired) electrons. The number of benzene rings is 2. The maximum atomic E-state index is 14.4. The highest BCUT2D eigenvalue weighted by molar-refractivity contribution is 5.94. The van der Waals surface area contributed by atoms with Gasteiger partial charge in [0.15, 0.2) is 5.82 Å². The number of hydrogen-bond donors (Lipinski definition) is 0. The second-order valence-corrected chi connectivity index (χ2v) is 9.58. The summed E-state index contributed by atoms with van der Waals surface area (Å²) < 4.78 is 30.4. The van der Waals surface area contributed by atoms with E-state index >= 15 is 0 Å². The summed E-state index contributed by atoms with van der Waals surface area (Å²) in [6.07, 6.45) is 6.12. The summed E-state index contributed by atoms with van der Waals surface area (Å²) in [6, 6.07) is 17.0. The number of aryl methyl sites for hydroxylation is 1. The van der Waals surface area contributed by atoms with Gasteiger partial charge < -0.3 is 4.90 Å². The first-order chi connectivity index (χ1) is 17.0. The van der Waals surface area contributed by atoms with Gasteiger partial charge in [-0.2, -0.15) is 0 Å². The van der Waals surface area contributed by atoms with E-state index in [1.54, 1.807) is 6.20 Å². The van der Waals surface area contributed by atoms with Crippen molar-refractivity contribution in [3.8, 4) is 22.4 Å². The van der Waals surface area contributed by atoms with Crippen LogP contribution in [0.4, 0.5) is 8.78 Å². The van der Waals surface area contributed by atoms with Crippen LogP contribution >= 0.6 is 0 Å². The Bertz CT molecular complexity index is 1550. The predicted molar refractivity (Wildman–Crippen MR) is 135 cm³/mol. The number of piperidine rings is 1. The van der Waals surface area contributed by atoms with Crippen LogP contribution in [0.3, 0.4) is 0 Å². The summed E-state index contributed by atoms with van der Waals surface area (Å²) in [4.78, 5) is 11.3. The minimum atomic E-state index is -0.662. The van der Waals surface area contributed by atoms with Gasteiger partial charge in [-0.1, -0.05) is 24.3 Å². The maximum absolute atomic E-state index is 14.4. The van der Waals surface area contributed by atoms with Crippen LogP contribution in [0.1, 0.15) is 30.0 Å². The Morgan fingerprint density at radius 3 is 2.46 bits per heavy atom. The zero-order valence-corrected chi connectivity index (χ0v) is 19.8. The van der Waals surface area contributed by atoms with Crippen molar-refractivity contribution in [2.75, 3.05) is 20.1 Å². The van der Waals surface area contributed by atoms with E-state index in [0.717, 1.165) is 41.6 Å². The number of hydrogen-bond acceptors (Lipinski definition) is 3. The van der Waals surface area contributed by atoms with E-state index in [1.807, 2.05) is 29.7 Å². The Hall–Kier alpha value is -3.64. The van der Waals surface area contributed by atoms with Crippen molar-refractivity contribution in [2.24, 2.45) is 0 Å². The SMILES string of the molecule is Cc1cc(-c2cnc3cc(-c4ccc(C5CCN(C)CC5)cc4)ccn23)c2cc(F)cc(F)c2n1. The van der Waals surface area contributed by atoms with Gasteiger partial charge in [-0.25, -0.2) is 18.7 Å². The number of aromatic nitrogens is 3. The minimum absolute atomic E-state index is 0.165. The summed E-state index contributed by atoms with van der Waals surface area (Å²) in [5.74, 6) is -0.655. The van der Waals surface area contributed by atoms with Crippen LogP contribution in [0.5, 0.6) is 0 Å². The minimum Gasteiger partial charge on any atom is -0.306 e. The molecule has 0 amide bonds. The van der Waals surface area contributed by atoms with Crippen LogP contribution < -0.4 is 0 Å². The van der Waals surface area contributed by atoms with Crippen molar-refractivity contribution in [2.45, 2.75) is 25.7 Å². The quantitative estimate of drug-likeness (QED) is 0.299. The third-order valence-electron chi connectivity index (χ3n) is 7.18. The molecule has 0 atom stereocenters. The smallest absolute Gasteiger partial charge is 0.152 e. The Morgan fingerprint density at radius 2 is 1.69 bits per heavy atom. The normalized spacial score (nSPS) is 15.3. The fraction of sp³-hybridized carbons (Fsp3) is 0.241. The molecule has 0 unspecified atom stereocenters. The number of fused-ring (bicyclic) bond motifs is 2. The average Bonchev–Trinajstić information content (AvgIpc) is 3.28. The molecular weight excluding hydrogens is 442 g/mol. The Kier molecular flexibility index (Phi) is 5.33. The summed E-state index contributed by atoms with van der Waals surface area (Å²) in [5, 5.41) is 0.434. The molecule has 2 aromatic carbocycles. The van der Waals surface area contributed by atoms with Crippen molar-refractivity contribution in [3.63, 3.8) is 0 Å². The predicted octanol–water partition coefficient (Wildman–Crippen LogP) is 6.61. The third kappa shape index (κ3) is 3.98. The Balaban J connectivity index is 1.36. The highest BCUT2D eigenvalue weighted by Crippen LogP contribution is 2.33. The summed E-state index contributed by atoms with van der Waals surface area (Å²) in [5.41, 5.74) is 6.70. The molecule has 35 heavy (non-hydrogen) atoms. The molecule has 0 bridgehead atoms. The summed E-state index contributed by atoms with van der Waals surface area (Å²) >= 11 is 0. The van der Waals surface area contributed by atoms with Gasteiger partial charge in [-0.3, -0.25) is 4.40 Å². The lowest BCUT2D eigenvalue weighted by molar-refractivity contribution is 0.255. The van der Waals surface area contributed by atoms with Crippen LogP contribution in [-0.4, -0.2) is 39.4 Å². The van der Waals surface area contributed by atoms with Crippen molar-refractivity contribution >= 4 is 16.6 Å². The highest BCUT2D eigenvalue weighted by atomic mass is 19.1. The van der Waals surface area contributed by atoms with Gasteiger partial charge in [0, 0.05) is 28.9 Å². The number of nitrogens with zero attached hydrogens (tertiary/aromatic N) is 4. The van der Waals surface area contributed by atoms with E-state index in [2.05, 4.69) is 52.2 Å². The van der Waals surface area contributed by atoms with Gasteiger partial charge >= 0.3 is 0 Å². The van der Waals surface area contributed by atoms with E-state index in [9.17, 15) is 8.78 Å². The summed E-state index contributed by atoms with van der Waals surface area (Å²) in [7, 11) is 2.19. The van der Waals surface area contributed by atoms with Gasteiger partial charge in [0.25, 0.3) is 0 Å². The van der Waals surface area contributed by atoms with Crippen molar-refractivity contribution in [1.29, 1.82) is 0 Å². The molecule has 1 saturated heterocycles. The van der Waals surface area contributed by atoms with Gasteiger partial charge in [0.05, 0.1) is 11.9 Å². The largest absolute Gasteiger partial charge is 0.306 e. The number of likely N-dealkylation sites (tertiary alicyclic amines) is 1. The Morgan fingerprint density at radius 1 is 0.914 bits per heavy atom. The van der Waals surface area contributed by atoms with Gasteiger partial charge in [-0.15, -0.1) is 0 Å². The topological polar surface area (TPSA) is 33.4 Å². The van der Waals surface area contributed by atoms with Crippen LogP contribution in [0.15, 0.2) is 67.0 Å². The molecule has 4 nitrogen and oxygen atoms in total. The lowest BCUT2D eigenvalue weighted by Gasteiger charge is -2.29. The molecule has 4 heterocycles. The number of halogens is 2. The first-order valence-electron chi connectivity index (χ1n) is 12.0. The van der Waals surface area contributed by atoms with Crippen molar-refractivity contribution < 1.29 is 8.78 Å². The van der Waals surface area contributed by atoms with Crippen LogP contribution in [0.2, 0.25) is 0 Å². The monoisotopic (exact) mass is 468 g/mol. The number of imidazole rings is 1. The molecule has 1 aliphatic heterocycles. The molecule has 6 heteroatoms. The number of pyridine rings is 2. The summed E-state index contributed by atoms with van der Waals surface area (Å²) in [6.45, 7) is 4.11. The molecular formula is C29H26F2N4. The third-order valence-corrected chi connectivity index (χ3v) is 7.18. The average molecular weight is 469 g/mol. The van der Waals surface area contributed by atoms with E-state index in [-0.39, 0.29) is 5.52 Å². The molecule has 176 valence electrons. The molecule has 3 aromatic heterocycles. The van der Waals surface area contributed by atoms with E-state index in [0.29, 0.717) is 22.6 Å². The first kappa shape index (κ1) is 21.9. The molecule has 0 N–H and O–H groups in total. The fourth-order valence-electron chi connectivity index (χ4n) is 5.24. The molecule has 0 aliphatic carbocycles. The number of rotatable bonds is 3. The highest BCUT2D eigenvalue weighted by Gasteiger charge is 2.19. The second kappa shape index (κ2) is 8.54. The molecule has 5 aromatic rings. The lowest BCUT2D eigenvalue weighted by Crippen LogP contribution is -2.29. The maximum Gasteiger partial charge on any atom is 0.152 e.